The zero-order valence-corrected chi connectivity index (χ0v) is 15.6. The first-order valence-electron chi connectivity index (χ1n) is 8.26. The highest BCUT2D eigenvalue weighted by Crippen LogP contribution is 2.28. The molecular formula is C21H16ClFN2O3. The van der Waals surface area contributed by atoms with Crippen molar-refractivity contribution in [1.82, 2.24) is 0 Å². The number of rotatable bonds is 6. The van der Waals surface area contributed by atoms with Gasteiger partial charge in [0.15, 0.2) is 11.5 Å². The number of nitrogens with zero attached hydrogens (tertiary/aromatic N) is 1. The van der Waals surface area contributed by atoms with Crippen molar-refractivity contribution >= 4 is 29.5 Å². The summed E-state index contributed by atoms with van der Waals surface area (Å²) in [7, 11) is 1.47. The number of hydrazone groups is 1. The number of benzene rings is 3. The summed E-state index contributed by atoms with van der Waals surface area (Å²) >= 11 is 6.06. The monoisotopic (exact) mass is 398 g/mol. The number of anilines is 1. The fourth-order valence-corrected chi connectivity index (χ4v) is 2.50. The van der Waals surface area contributed by atoms with Crippen LogP contribution in [0.5, 0.6) is 11.5 Å². The second kappa shape index (κ2) is 9.01. The molecule has 142 valence electrons. The second-order valence-corrected chi connectivity index (χ2v) is 6.06. The van der Waals surface area contributed by atoms with Crippen LogP contribution in [-0.4, -0.2) is 19.3 Å². The van der Waals surface area contributed by atoms with Crippen LogP contribution in [-0.2, 0) is 0 Å². The maximum Gasteiger partial charge on any atom is 0.343 e. The van der Waals surface area contributed by atoms with Gasteiger partial charge >= 0.3 is 5.97 Å². The molecule has 28 heavy (non-hydrogen) atoms. The summed E-state index contributed by atoms with van der Waals surface area (Å²) in [5, 5.41) is 4.69. The average molecular weight is 399 g/mol. The van der Waals surface area contributed by atoms with Crippen LogP contribution in [0.3, 0.4) is 0 Å². The Balaban J connectivity index is 1.71. The normalized spacial score (nSPS) is 10.7. The molecule has 0 unspecified atom stereocenters. The Hall–Kier alpha value is -3.38. The lowest BCUT2D eigenvalue weighted by molar-refractivity contribution is 0.0729. The third-order valence-corrected chi connectivity index (χ3v) is 4.07. The Morgan fingerprint density at radius 1 is 1.07 bits per heavy atom. The Kier molecular flexibility index (Phi) is 6.24. The molecule has 0 radical (unpaired) electrons. The average Bonchev–Trinajstić information content (AvgIpc) is 2.71. The first-order valence-corrected chi connectivity index (χ1v) is 8.64. The zero-order valence-electron chi connectivity index (χ0n) is 14.9. The highest BCUT2D eigenvalue weighted by Gasteiger charge is 2.13. The molecule has 0 spiro atoms. The summed E-state index contributed by atoms with van der Waals surface area (Å²) < 4.78 is 23.6. The number of methoxy groups -OCH3 is 1. The number of hydrogen-bond donors (Lipinski definition) is 1. The molecule has 0 fully saturated rings. The van der Waals surface area contributed by atoms with Crippen molar-refractivity contribution in [3.8, 4) is 11.5 Å². The minimum Gasteiger partial charge on any atom is -0.493 e. The first kappa shape index (κ1) is 19.4. The van der Waals surface area contributed by atoms with E-state index in [1.165, 1.54) is 31.4 Å². The molecule has 0 aromatic heterocycles. The number of carbonyl (C=O) groups is 1. The molecule has 3 aromatic carbocycles. The third kappa shape index (κ3) is 4.86. The third-order valence-electron chi connectivity index (χ3n) is 3.74. The van der Waals surface area contributed by atoms with Crippen LogP contribution in [0.4, 0.5) is 10.1 Å². The van der Waals surface area contributed by atoms with Gasteiger partial charge in [-0.25, -0.2) is 9.18 Å². The zero-order chi connectivity index (χ0) is 19.9. The van der Waals surface area contributed by atoms with Crippen LogP contribution in [0, 0.1) is 5.82 Å². The molecule has 0 atom stereocenters. The summed E-state index contributed by atoms with van der Waals surface area (Å²) in [5.74, 6) is -0.437. The van der Waals surface area contributed by atoms with Crippen LogP contribution in [0.15, 0.2) is 71.8 Å². The molecule has 3 rings (SSSR count). The molecule has 0 amide bonds. The fourth-order valence-electron chi connectivity index (χ4n) is 2.32. The summed E-state index contributed by atoms with van der Waals surface area (Å²) in [6, 6.07) is 17.3. The van der Waals surface area contributed by atoms with Gasteiger partial charge in [-0.05, 0) is 60.2 Å². The number of carbonyl (C=O) groups excluding carboxylic acids is 1. The highest BCUT2D eigenvalue weighted by atomic mass is 35.5. The first-order chi connectivity index (χ1) is 13.6. The van der Waals surface area contributed by atoms with Crippen LogP contribution in [0.25, 0.3) is 0 Å². The van der Waals surface area contributed by atoms with Crippen molar-refractivity contribution in [1.29, 1.82) is 0 Å². The Labute approximate surface area is 166 Å². The number of halogens is 2. The molecule has 1 N–H and O–H groups in total. The molecular weight excluding hydrogens is 383 g/mol. The van der Waals surface area contributed by atoms with Gasteiger partial charge in [-0.3, -0.25) is 5.43 Å². The van der Waals surface area contributed by atoms with Crippen molar-refractivity contribution in [2.45, 2.75) is 0 Å². The lowest BCUT2D eigenvalue weighted by Gasteiger charge is -2.10. The predicted octanol–water partition coefficient (Wildman–Crippen LogP) is 5.15. The number of ether oxygens (including phenoxy) is 2. The van der Waals surface area contributed by atoms with E-state index in [0.29, 0.717) is 16.5 Å². The fraction of sp³-hybridized carbons (Fsp3) is 0.0476. The van der Waals surface area contributed by atoms with Crippen molar-refractivity contribution in [2.24, 2.45) is 5.10 Å². The van der Waals surface area contributed by atoms with Crippen LogP contribution < -0.4 is 14.9 Å². The molecule has 5 nitrogen and oxygen atoms in total. The summed E-state index contributed by atoms with van der Waals surface area (Å²) in [6.45, 7) is 0. The Bertz CT molecular complexity index is 1010. The van der Waals surface area contributed by atoms with E-state index < -0.39 is 11.8 Å². The van der Waals surface area contributed by atoms with E-state index in [-0.39, 0.29) is 11.3 Å². The van der Waals surface area contributed by atoms with Crippen LogP contribution in [0.2, 0.25) is 5.02 Å². The van der Waals surface area contributed by atoms with Gasteiger partial charge in [-0.1, -0.05) is 23.7 Å². The molecule has 0 aliphatic heterocycles. The SMILES string of the molecule is COc1cc(/C=N\Nc2ccccc2Cl)ccc1OC(=O)c1ccc(F)cc1. The van der Waals surface area contributed by atoms with Gasteiger partial charge in [-0.15, -0.1) is 0 Å². The number of hydrogen-bond acceptors (Lipinski definition) is 5. The van der Waals surface area contributed by atoms with Gasteiger partial charge in [0.05, 0.1) is 29.6 Å². The molecule has 7 heteroatoms. The van der Waals surface area contributed by atoms with Crippen LogP contribution >= 0.6 is 11.6 Å². The van der Waals surface area contributed by atoms with Gasteiger partial charge < -0.3 is 9.47 Å². The number of nitrogens with one attached hydrogen (secondary N) is 1. The van der Waals surface area contributed by atoms with Crippen molar-refractivity contribution < 1.29 is 18.7 Å². The molecule has 0 aliphatic carbocycles. The van der Waals surface area contributed by atoms with E-state index in [1.807, 2.05) is 12.1 Å². The van der Waals surface area contributed by atoms with E-state index in [4.69, 9.17) is 21.1 Å². The van der Waals surface area contributed by atoms with Gasteiger partial charge in [0, 0.05) is 0 Å². The molecule has 0 aliphatic rings. The van der Waals surface area contributed by atoms with Gasteiger partial charge in [0.1, 0.15) is 5.82 Å². The van der Waals surface area contributed by atoms with Gasteiger partial charge in [0.25, 0.3) is 0 Å². The molecule has 0 saturated carbocycles. The van der Waals surface area contributed by atoms with Crippen LogP contribution in [0.1, 0.15) is 15.9 Å². The smallest absolute Gasteiger partial charge is 0.343 e. The van der Waals surface area contributed by atoms with E-state index in [2.05, 4.69) is 10.5 Å². The van der Waals surface area contributed by atoms with Crippen molar-refractivity contribution in [3.63, 3.8) is 0 Å². The number of para-hydroxylation sites is 1. The van der Waals surface area contributed by atoms with E-state index in [0.717, 1.165) is 5.56 Å². The molecule has 0 saturated heterocycles. The highest BCUT2D eigenvalue weighted by molar-refractivity contribution is 6.33. The van der Waals surface area contributed by atoms with E-state index >= 15 is 0 Å². The lowest BCUT2D eigenvalue weighted by Crippen LogP contribution is -2.09. The van der Waals surface area contributed by atoms with Crippen molar-refractivity contribution in [3.05, 3.63) is 88.7 Å². The van der Waals surface area contributed by atoms with Crippen molar-refractivity contribution in [2.75, 3.05) is 12.5 Å². The lowest BCUT2D eigenvalue weighted by atomic mass is 10.2. The molecule has 0 heterocycles. The Morgan fingerprint density at radius 3 is 2.54 bits per heavy atom. The van der Waals surface area contributed by atoms with Gasteiger partial charge in [-0.2, -0.15) is 5.10 Å². The predicted molar refractivity (Wildman–Crippen MR) is 107 cm³/mol. The standard InChI is InChI=1S/C21H16ClFN2O3/c1-27-20-12-14(13-24-25-18-5-3-2-4-17(18)22)6-11-19(20)28-21(26)15-7-9-16(23)10-8-15/h2-13,25H,1H3/b24-13-. The molecule has 0 bridgehead atoms. The Morgan fingerprint density at radius 2 is 1.82 bits per heavy atom. The topological polar surface area (TPSA) is 59.9 Å². The summed E-state index contributed by atoms with van der Waals surface area (Å²) in [4.78, 5) is 12.2. The maximum absolute atomic E-state index is 13.0. The largest absolute Gasteiger partial charge is 0.493 e. The van der Waals surface area contributed by atoms with E-state index in [9.17, 15) is 9.18 Å². The summed E-state index contributed by atoms with van der Waals surface area (Å²) in [6.07, 6.45) is 1.58. The maximum atomic E-state index is 13.0. The van der Waals surface area contributed by atoms with E-state index in [1.54, 1.807) is 36.5 Å². The quantitative estimate of drug-likeness (QED) is 0.270. The second-order valence-electron chi connectivity index (χ2n) is 5.66. The minimum atomic E-state index is -0.611. The number of esters is 1. The van der Waals surface area contributed by atoms with Gasteiger partial charge in [0.2, 0.25) is 0 Å². The minimum absolute atomic E-state index is 0.234. The summed E-state index contributed by atoms with van der Waals surface area (Å²) in [5.41, 5.74) is 4.49. The molecule has 3 aromatic rings.